The lowest BCUT2D eigenvalue weighted by molar-refractivity contribution is 0.0986. The summed E-state index contributed by atoms with van der Waals surface area (Å²) in [4.78, 5) is 33.9. The third-order valence-electron chi connectivity index (χ3n) is 5.50. The molecule has 3 aromatic carbocycles. The number of thioether (sulfide) groups is 1. The van der Waals surface area contributed by atoms with Crippen LogP contribution in [-0.2, 0) is 0 Å². The van der Waals surface area contributed by atoms with Gasteiger partial charge in [-0.15, -0.1) is 11.8 Å². The fraction of sp³-hybridized carbons (Fsp3) is 0.160. The fourth-order valence-electron chi connectivity index (χ4n) is 4.00. The summed E-state index contributed by atoms with van der Waals surface area (Å²) in [5.41, 5.74) is 2.84. The molecule has 0 saturated carbocycles. The highest BCUT2D eigenvalue weighted by Gasteiger charge is 2.22. The Morgan fingerprint density at radius 1 is 0.968 bits per heavy atom. The number of hydrogen-bond donors (Lipinski definition) is 0. The highest BCUT2D eigenvalue weighted by molar-refractivity contribution is 7.99. The molecule has 1 aliphatic heterocycles. The van der Waals surface area contributed by atoms with Crippen molar-refractivity contribution in [2.24, 2.45) is 0 Å². The molecular formula is C25H21N3O2S. The topological polar surface area (TPSA) is 55.2 Å². The largest absolute Gasteiger partial charge is 0.307 e. The Labute approximate surface area is 184 Å². The average Bonchev–Trinajstić information content (AvgIpc) is 3.02. The van der Waals surface area contributed by atoms with E-state index in [2.05, 4.69) is 11.1 Å². The first kappa shape index (κ1) is 19.6. The van der Waals surface area contributed by atoms with Crippen molar-refractivity contribution < 1.29 is 4.79 Å². The smallest absolute Gasteiger partial charge is 0.265 e. The molecule has 31 heavy (non-hydrogen) atoms. The zero-order valence-electron chi connectivity index (χ0n) is 17.1. The molecule has 1 aliphatic rings. The van der Waals surface area contributed by atoms with Crippen molar-refractivity contribution in [2.75, 3.05) is 17.2 Å². The van der Waals surface area contributed by atoms with Gasteiger partial charge in [0.1, 0.15) is 5.82 Å². The third kappa shape index (κ3) is 3.53. The van der Waals surface area contributed by atoms with Crippen LogP contribution in [0.1, 0.15) is 22.6 Å². The first-order valence-electron chi connectivity index (χ1n) is 10.3. The van der Waals surface area contributed by atoms with Gasteiger partial charge in [-0.1, -0.05) is 24.3 Å². The van der Waals surface area contributed by atoms with Crippen LogP contribution in [0.4, 0.5) is 5.69 Å². The molecule has 1 aromatic heterocycles. The molecule has 0 saturated heterocycles. The summed E-state index contributed by atoms with van der Waals surface area (Å²) in [7, 11) is 0. The van der Waals surface area contributed by atoms with E-state index in [9.17, 15) is 9.59 Å². The summed E-state index contributed by atoms with van der Waals surface area (Å²) < 4.78 is 1.59. The van der Waals surface area contributed by atoms with Crippen molar-refractivity contribution in [3.63, 3.8) is 0 Å². The Hall–Kier alpha value is -3.38. The van der Waals surface area contributed by atoms with Gasteiger partial charge in [0, 0.05) is 17.0 Å². The summed E-state index contributed by atoms with van der Waals surface area (Å²) in [6.45, 7) is 2.51. The molecule has 4 aromatic rings. The van der Waals surface area contributed by atoms with Crippen LogP contribution in [0.2, 0.25) is 0 Å². The molecule has 2 heterocycles. The maximum atomic E-state index is 13.3. The third-order valence-corrected chi connectivity index (χ3v) is 6.65. The number of rotatable bonds is 2. The van der Waals surface area contributed by atoms with Crippen LogP contribution in [0.25, 0.3) is 16.6 Å². The minimum absolute atomic E-state index is 0.0257. The molecule has 154 valence electrons. The van der Waals surface area contributed by atoms with Gasteiger partial charge in [-0.3, -0.25) is 14.2 Å². The summed E-state index contributed by atoms with van der Waals surface area (Å²) in [6, 6.07) is 22.6. The van der Waals surface area contributed by atoms with E-state index < -0.39 is 0 Å². The Morgan fingerprint density at radius 3 is 2.55 bits per heavy atom. The molecule has 0 spiro atoms. The Bertz CT molecular complexity index is 1350. The number of carbonyl (C=O) groups is 1. The Kier molecular flexibility index (Phi) is 5.08. The second-order valence-electron chi connectivity index (χ2n) is 7.49. The van der Waals surface area contributed by atoms with Crippen LogP contribution in [0.15, 0.2) is 82.5 Å². The molecular weight excluding hydrogens is 406 g/mol. The average molecular weight is 428 g/mol. The van der Waals surface area contributed by atoms with Crippen LogP contribution >= 0.6 is 11.8 Å². The SMILES string of the molecule is Cc1nc2ccccc2c(=O)n1-c1ccc(C(=O)N2CCCSc3ccccc32)cc1. The van der Waals surface area contributed by atoms with Gasteiger partial charge in [0.25, 0.3) is 11.5 Å². The second-order valence-corrected chi connectivity index (χ2v) is 8.63. The molecule has 0 bridgehead atoms. The molecule has 5 nitrogen and oxygen atoms in total. The van der Waals surface area contributed by atoms with E-state index in [1.54, 1.807) is 34.5 Å². The predicted octanol–water partition coefficient (Wildman–Crippen LogP) is 4.84. The summed E-state index contributed by atoms with van der Waals surface area (Å²) in [6.07, 6.45) is 0.945. The van der Waals surface area contributed by atoms with Gasteiger partial charge in [-0.05, 0) is 67.6 Å². The van der Waals surface area contributed by atoms with E-state index >= 15 is 0 Å². The van der Waals surface area contributed by atoms with Gasteiger partial charge >= 0.3 is 0 Å². The lowest BCUT2D eigenvalue weighted by Gasteiger charge is -2.22. The van der Waals surface area contributed by atoms with E-state index in [-0.39, 0.29) is 11.5 Å². The minimum atomic E-state index is -0.111. The van der Waals surface area contributed by atoms with Crippen LogP contribution in [0.5, 0.6) is 0 Å². The monoisotopic (exact) mass is 427 g/mol. The first-order chi connectivity index (χ1) is 15.1. The number of aromatic nitrogens is 2. The van der Waals surface area contributed by atoms with E-state index in [1.165, 1.54) is 0 Å². The predicted molar refractivity (Wildman–Crippen MR) is 126 cm³/mol. The van der Waals surface area contributed by atoms with Gasteiger partial charge < -0.3 is 4.90 Å². The van der Waals surface area contributed by atoms with Gasteiger partial charge in [-0.2, -0.15) is 0 Å². The van der Waals surface area contributed by atoms with E-state index in [0.717, 1.165) is 22.8 Å². The molecule has 0 radical (unpaired) electrons. The zero-order chi connectivity index (χ0) is 21.4. The maximum Gasteiger partial charge on any atom is 0.265 e. The maximum absolute atomic E-state index is 13.3. The van der Waals surface area contributed by atoms with Crippen molar-refractivity contribution in [3.05, 3.63) is 94.5 Å². The number of hydrogen-bond acceptors (Lipinski definition) is 4. The van der Waals surface area contributed by atoms with Gasteiger partial charge in [0.05, 0.1) is 22.3 Å². The summed E-state index contributed by atoms with van der Waals surface area (Å²) in [5, 5.41) is 0.576. The van der Waals surface area contributed by atoms with Gasteiger partial charge in [0.15, 0.2) is 0 Å². The molecule has 0 aliphatic carbocycles. The quantitative estimate of drug-likeness (QED) is 0.460. The lowest BCUT2D eigenvalue weighted by atomic mass is 10.1. The number of amides is 1. The molecule has 6 heteroatoms. The van der Waals surface area contributed by atoms with Crippen molar-refractivity contribution in [1.82, 2.24) is 9.55 Å². The standard InChI is InChI=1S/C25H21N3O2S/c1-17-26-21-8-3-2-7-20(21)25(30)28(17)19-13-11-18(12-14-19)24(29)27-15-6-16-31-23-10-5-4-9-22(23)27/h2-5,7-14H,6,15-16H2,1H3. The number of para-hydroxylation sites is 2. The second kappa shape index (κ2) is 8.04. The van der Waals surface area contributed by atoms with E-state index in [0.29, 0.717) is 34.5 Å². The first-order valence-corrected chi connectivity index (χ1v) is 11.2. The van der Waals surface area contributed by atoms with E-state index in [1.807, 2.05) is 60.4 Å². The highest BCUT2D eigenvalue weighted by atomic mass is 32.2. The van der Waals surface area contributed by atoms with Crippen molar-refractivity contribution in [2.45, 2.75) is 18.2 Å². The van der Waals surface area contributed by atoms with Crippen LogP contribution < -0.4 is 10.5 Å². The molecule has 1 amide bonds. The number of carbonyl (C=O) groups excluding carboxylic acids is 1. The number of benzene rings is 3. The van der Waals surface area contributed by atoms with Crippen LogP contribution in [0.3, 0.4) is 0 Å². The number of anilines is 1. The zero-order valence-corrected chi connectivity index (χ0v) is 17.9. The van der Waals surface area contributed by atoms with Crippen LogP contribution in [-0.4, -0.2) is 27.8 Å². The number of fused-ring (bicyclic) bond motifs is 2. The Balaban J connectivity index is 1.51. The minimum Gasteiger partial charge on any atom is -0.307 e. The van der Waals surface area contributed by atoms with E-state index in [4.69, 9.17) is 0 Å². The molecule has 0 unspecified atom stereocenters. The fourth-order valence-corrected chi connectivity index (χ4v) is 4.99. The lowest BCUT2D eigenvalue weighted by Crippen LogP contribution is -2.31. The van der Waals surface area contributed by atoms with Gasteiger partial charge in [0.2, 0.25) is 0 Å². The van der Waals surface area contributed by atoms with Crippen molar-refractivity contribution >= 4 is 34.3 Å². The van der Waals surface area contributed by atoms with Gasteiger partial charge in [-0.25, -0.2) is 4.98 Å². The van der Waals surface area contributed by atoms with Crippen molar-refractivity contribution in [1.29, 1.82) is 0 Å². The molecule has 0 fully saturated rings. The van der Waals surface area contributed by atoms with Crippen molar-refractivity contribution in [3.8, 4) is 5.69 Å². The molecule has 0 atom stereocenters. The highest BCUT2D eigenvalue weighted by Crippen LogP contribution is 2.34. The normalized spacial score (nSPS) is 13.6. The molecule has 0 N–H and O–H groups in total. The Morgan fingerprint density at radius 2 is 1.71 bits per heavy atom. The summed E-state index contributed by atoms with van der Waals surface area (Å²) in [5.74, 6) is 1.58. The molecule has 5 rings (SSSR count). The number of nitrogens with zero attached hydrogens (tertiary/aromatic N) is 3. The van der Waals surface area contributed by atoms with Crippen LogP contribution in [0, 0.1) is 6.92 Å². The summed E-state index contributed by atoms with van der Waals surface area (Å²) >= 11 is 1.79. The number of aryl methyl sites for hydroxylation is 1.